The SMILES string of the molecule is C[C@@]1(c2cc(F)ccc2F)NC(=O)N(CC(=O)N2CCC[C@@H]2c2ccc3c(c2)OCCO3)C1=O. The minimum atomic E-state index is -1.82. The minimum absolute atomic E-state index is 0.240. The molecule has 0 bridgehead atoms. The highest BCUT2D eigenvalue weighted by Gasteiger charge is 2.51. The van der Waals surface area contributed by atoms with Crippen molar-refractivity contribution in [1.29, 1.82) is 0 Å². The lowest BCUT2D eigenvalue weighted by molar-refractivity contribution is -0.139. The molecule has 0 spiro atoms. The van der Waals surface area contributed by atoms with Crippen LogP contribution in [0.3, 0.4) is 0 Å². The first kappa shape index (κ1) is 22.1. The van der Waals surface area contributed by atoms with Crippen LogP contribution >= 0.6 is 0 Å². The number of amides is 4. The normalized spacial score (nSPS) is 23.9. The molecule has 3 aliphatic heterocycles. The second-order valence-corrected chi connectivity index (χ2v) is 8.72. The van der Waals surface area contributed by atoms with Gasteiger partial charge in [-0.15, -0.1) is 0 Å². The van der Waals surface area contributed by atoms with Gasteiger partial charge in [-0.25, -0.2) is 13.6 Å². The fraction of sp³-hybridized carbons (Fsp3) is 0.375. The van der Waals surface area contributed by atoms with Crippen molar-refractivity contribution in [2.75, 3.05) is 26.3 Å². The van der Waals surface area contributed by atoms with Crippen LogP contribution in [0.4, 0.5) is 13.6 Å². The number of ether oxygens (including phenoxy) is 2. The van der Waals surface area contributed by atoms with Crippen LogP contribution in [0.5, 0.6) is 11.5 Å². The average molecular weight is 471 g/mol. The number of benzene rings is 2. The van der Waals surface area contributed by atoms with Crippen molar-refractivity contribution in [3.05, 3.63) is 59.2 Å². The number of nitrogens with one attached hydrogen (secondary N) is 1. The molecule has 3 aliphatic rings. The third-order valence-corrected chi connectivity index (χ3v) is 6.56. The van der Waals surface area contributed by atoms with Crippen LogP contribution in [-0.4, -0.2) is 53.9 Å². The number of carbonyl (C=O) groups is 3. The van der Waals surface area contributed by atoms with Gasteiger partial charge in [-0.3, -0.25) is 14.5 Å². The first-order chi connectivity index (χ1) is 16.3. The summed E-state index contributed by atoms with van der Waals surface area (Å²) in [5.41, 5.74) is -1.24. The van der Waals surface area contributed by atoms with Crippen molar-refractivity contribution in [3.8, 4) is 11.5 Å². The van der Waals surface area contributed by atoms with Crippen LogP contribution in [0.15, 0.2) is 36.4 Å². The molecule has 0 aromatic heterocycles. The topological polar surface area (TPSA) is 88.2 Å². The molecule has 2 aromatic rings. The van der Waals surface area contributed by atoms with E-state index in [4.69, 9.17) is 9.47 Å². The van der Waals surface area contributed by atoms with Gasteiger partial charge in [0.15, 0.2) is 11.5 Å². The molecule has 0 unspecified atom stereocenters. The first-order valence-electron chi connectivity index (χ1n) is 11.1. The van der Waals surface area contributed by atoms with Gasteiger partial charge in [0.1, 0.15) is 36.9 Å². The van der Waals surface area contributed by atoms with E-state index in [1.165, 1.54) is 6.92 Å². The van der Waals surface area contributed by atoms with E-state index in [1.807, 2.05) is 12.1 Å². The summed E-state index contributed by atoms with van der Waals surface area (Å²) in [4.78, 5) is 41.3. The van der Waals surface area contributed by atoms with Crippen LogP contribution in [0.2, 0.25) is 0 Å². The number of hydrogen-bond donors (Lipinski definition) is 1. The molecule has 34 heavy (non-hydrogen) atoms. The molecular weight excluding hydrogens is 448 g/mol. The Balaban J connectivity index is 1.35. The van der Waals surface area contributed by atoms with Gasteiger partial charge in [0.25, 0.3) is 5.91 Å². The number of likely N-dealkylation sites (tertiary alicyclic amines) is 1. The summed E-state index contributed by atoms with van der Waals surface area (Å²) < 4.78 is 39.3. The van der Waals surface area contributed by atoms with Crippen molar-refractivity contribution in [2.45, 2.75) is 31.3 Å². The van der Waals surface area contributed by atoms with Gasteiger partial charge in [-0.1, -0.05) is 6.07 Å². The van der Waals surface area contributed by atoms with E-state index >= 15 is 0 Å². The lowest BCUT2D eigenvalue weighted by Crippen LogP contribution is -2.44. The summed E-state index contributed by atoms with van der Waals surface area (Å²) in [6.45, 7) is 2.18. The van der Waals surface area contributed by atoms with Gasteiger partial charge in [0, 0.05) is 12.1 Å². The molecule has 5 rings (SSSR count). The Morgan fingerprint density at radius 3 is 2.68 bits per heavy atom. The van der Waals surface area contributed by atoms with E-state index in [1.54, 1.807) is 11.0 Å². The molecular formula is C24H23F2N3O5. The zero-order chi connectivity index (χ0) is 24.0. The summed E-state index contributed by atoms with van der Waals surface area (Å²) in [7, 11) is 0. The molecule has 3 heterocycles. The maximum Gasteiger partial charge on any atom is 0.325 e. The average Bonchev–Trinajstić information content (AvgIpc) is 3.40. The summed E-state index contributed by atoms with van der Waals surface area (Å²) in [5.74, 6) is -1.54. The van der Waals surface area contributed by atoms with Gasteiger partial charge < -0.3 is 19.7 Å². The Bertz CT molecular complexity index is 1190. The van der Waals surface area contributed by atoms with Gasteiger partial charge in [-0.2, -0.15) is 0 Å². The van der Waals surface area contributed by atoms with Crippen molar-refractivity contribution in [1.82, 2.24) is 15.1 Å². The summed E-state index contributed by atoms with van der Waals surface area (Å²) in [6, 6.07) is 7.15. The number of fused-ring (bicyclic) bond motifs is 1. The van der Waals surface area contributed by atoms with Crippen LogP contribution in [0.25, 0.3) is 0 Å². The molecule has 0 aliphatic carbocycles. The standard InChI is InChI=1S/C24H23F2N3O5/c1-24(16-12-15(25)5-6-17(16)26)22(31)29(23(32)27-24)13-21(30)28-8-2-3-18(28)14-4-7-19-20(11-14)34-10-9-33-19/h4-7,11-12,18H,2-3,8-10,13H2,1H3,(H,27,32)/t18-,24+/m1/s1. The number of imide groups is 1. The predicted octanol–water partition coefficient (Wildman–Crippen LogP) is 2.87. The van der Waals surface area contributed by atoms with Crippen LogP contribution < -0.4 is 14.8 Å². The van der Waals surface area contributed by atoms with Crippen molar-refractivity contribution >= 4 is 17.8 Å². The highest BCUT2D eigenvalue weighted by molar-refractivity contribution is 6.09. The van der Waals surface area contributed by atoms with Crippen LogP contribution in [0.1, 0.15) is 36.9 Å². The third kappa shape index (κ3) is 3.63. The second kappa shape index (κ2) is 8.27. The quantitative estimate of drug-likeness (QED) is 0.693. The minimum Gasteiger partial charge on any atom is -0.486 e. The molecule has 4 amide bonds. The largest absolute Gasteiger partial charge is 0.486 e. The third-order valence-electron chi connectivity index (χ3n) is 6.56. The summed E-state index contributed by atoms with van der Waals surface area (Å²) in [5, 5.41) is 2.42. The fourth-order valence-corrected chi connectivity index (χ4v) is 4.81. The van der Waals surface area contributed by atoms with Gasteiger partial charge in [-0.05, 0) is 55.7 Å². The lowest BCUT2D eigenvalue weighted by atomic mass is 9.91. The maximum atomic E-state index is 14.4. The molecule has 8 nitrogen and oxygen atoms in total. The number of rotatable bonds is 4. The first-order valence-corrected chi connectivity index (χ1v) is 11.1. The number of hydrogen-bond acceptors (Lipinski definition) is 5. The van der Waals surface area contributed by atoms with Gasteiger partial charge in [0.05, 0.1) is 6.04 Å². The molecule has 2 aromatic carbocycles. The monoisotopic (exact) mass is 471 g/mol. The van der Waals surface area contributed by atoms with Crippen LogP contribution in [0, 0.1) is 11.6 Å². The van der Waals surface area contributed by atoms with E-state index in [2.05, 4.69) is 5.32 Å². The van der Waals surface area contributed by atoms with Crippen LogP contribution in [-0.2, 0) is 15.1 Å². The Morgan fingerprint density at radius 2 is 1.88 bits per heavy atom. The number of carbonyl (C=O) groups excluding carboxylic acids is 3. The molecule has 0 radical (unpaired) electrons. The Morgan fingerprint density at radius 1 is 1.12 bits per heavy atom. The fourth-order valence-electron chi connectivity index (χ4n) is 4.81. The predicted molar refractivity (Wildman–Crippen MR) is 115 cm³/mol. The zero-order valence-electron chi connectivity index (χ0n) is 18.5. The van der Waals surface area contributed by atoms with Crippen molar-refractivity contribution < 1.29 is 32.6 Å². The molecule has 10 heteroatoms. The highest BCUT2D eigenvalue weighted by atomic mass is 19.1. The zero-order valence-corrected chi connectivity index (χ0v) is 18.5. The molecule has 2 saturated heterocycles. The van der Waals surface area contributed by atoms with E-state index in [9.17, 15) is 23.2 Å². The summed E-state index contributed by atoms with van der Waals surface area (Å²) >= 11 is 0. The molecule has 1 N–H and O–H groups in total. The number of urea groups is 1. The summed E-state index contributed by atoms with van der Waals surface area (Å²) in [6.07, 6.45) is 1.48. The van der Waals surface area contributed by atoms with E-state index in [0.29, 0.717) is 31.3 Å². The number of nitrogens with zero attached hydrogens (tertiary/aromatic N) is 2. The van der Waals surface area contributed by atoms with E-state index in [0.717, 1.165) is 41.5 Å². The highest BCUT2D eigenvalue weighted by Crippen LogP contribution is 2.38. The van der Waals surface area contributed by atoms with E-state index < -0.39 is 41.6 Å². The molecule has 0 saturated carbocycles. The molecule has 2 fully saturated rings. The second-order valence-electron chi connectivity index (χ2n) is 8.72. The Kier molecular flexibility index (Phi) is 5.38. The Labute approximate surface area is 194 Å². The van der Waals surface area contributed by atoms with Gasteiger partial charge in [0.2, 0.25) is 5.91 Å². The van der Waals surface area contributed by atoms with Crippen molar-refractivity contribution in [2.24, 2.45) is 0 Å². The smallest absolute Gasteiger partial charge is 0.325 e. The molecule has 2 atom stereocenters. The molecule has 178 valence electrons. The van der Waals surface area contributed by atoms with E-state index in [-0.39, 0.29) is 11.6 Å². The Hall–Kier alpha value is -3.69. The van der Waals surface area contributed by atoms with Gasteiger partial charge >= 0.3 is 6.03 Å². The number of halogens is 2. The maximum absolute atomic E-state index is 14.4. The van der Waals surface area contributed by atoms with Crippen molar-refractivity contribution in [3.63, 3.8) is 0 Å². The lowest BCUT2D eigenvalue weighted by Gasteiger charge is -2.28.